The van der Waals surface area contributed by atoms with Crippen LogP contribution in [0, 0.1) is 5.41 Å². The van der Waals surface area contributed by atoms with Crippen LogP contribution >= 0.6 is 15.9 Å². The van der Waals surface area contributed by atoms with Gasteiger partial charge in [0.15, 0.2) is 0 Å². The second-order valence-corrected chi connectivity index (χ2v) is 5.38. The molecule has 2 fully saturated rings. The molecule has 1 aliphatic carbocycles. The van der Waals surface area contributed by atoms with E-state index in [1.54, 1.807) is 0 Å². The van der Waals surface area contributed by atoms with E-state index in [0.29, 0.717) is 5.41 Å². The highest BCUT2D eigenvalue weighted by molar-refractivity contribution is 9.09. The van der Waals surface area contributed by atoms with E-state index in [4.69, 9.17) is 0 Å². The Morgan fingerprint density at radius 3 is 2.15 bits per heavy atom. The third kappa shape index (κ3) is 2.27. The molecule has 1 heterocycles. The van der Waals surface area contributed by atoms with E-state index >= 15 is 0 Å². The van der Waals surface area contributed by atoms with Crippen LogP contribution in [0.5, 0.6) is 0 Å². The lowest BCUT2D eigenvalue weighted by atomic mass is 9.75. The summed E-state index contributed by atoms with van der Waals surface area (Å²) in [6.45, 7) is 4.07. The smallest absolute Gasteiger partial charge is 0.0100 e. The molecule has 0 amide bonds. The Hall–Kier alpha value is 0.440. The van der Waals surface area contributed by atoms with Gasteiger partial charge in [0.25, 0.3) is 0 Å². The van der Waals surface area contributed by atoms with Gasteiger partial charge in [-0.15, -0.1) is 0 Å². The minimum atomic E-state index is 0.638. The average Bonchev–Trinajstić information content (AvgIpc) is 2.13. The van der Waals surface area contributed by atoms with E-state index in [9.17, 15) is 0 Å². The molecule has 1 aliphatic heterocycles. The van der Waals surface area contributed by atoms with E-state index < -0.39 is 0 Å². The Bertz CT molecular complexity index is 159. The van der Waals surface area contributed by atoms with Crippen LogP contribution in [0.3, 0.4) is 0 Å². The quantitative estimate of drug-likeness (QED) is 0.692. The van der Waals surface area contributed by atoms with Crippen LogP contribution < -0.4 is 0 Å². The van der Waals surface area contributed by atoms with Crippen LogP contribution in [-0.4, -0.2) is 29.9 Å². The summed E-state index contributed by atoms with van der Waals surface area (Å²) in [4.78, 5) is 2.63. The molecule has 13 heavy (non-hydrogen) atoms. The lowest BCUT2D eigenvalue weighted by Gasteiger charge is -2.43. The van der Waals surface area contributed by atoms with Crippen LogP contribution in [0.4, 0.5) is 0 Å². The molecule has 0 spiro atoms. The molecular formula is C11H20BrN. The fraction of sp³-hybridized carbons (Fsp3) is 1.00. The molecule has 0 radical (unpaired) electrons. The molecule has 1 nitrogen and oxygen atoms in total. The van der Waals surface area contributed by atoms with Gasteiger partial charge in [0.1, 0.15) is 0 Å². The molecule has 2 rings (SSSR count). The molecule has 0 aromatic rings. The van der Waals surface area contributed by atoms with E-state index in [1.807, 2.05) is 0 Å². The number of alkyl halides is 1. The van der Waals surface area contributed by atoms with Gasteiger partial charge in [-0.2, -0.15) is 0 Å². The highest BCUT2D eigenvalue weighted by Crippen LogP contribution is 2.39. The predicted octanol–water partition coefficient (Wildman–Crippen LogP) is 3.04. The first kappa shape index (κ1) is 9.97. The normalized spacial score (nSPS) is 28.4. The van der Waals surface area contributed by atoms with Crippen molar-refractivity contribution < 1.29 is 0 Å². The van der Waals surface area contributed by atoms with Crippen molar-refractivity contribution in [2.75, 3.05) is 25.0 Å². The van der Waals surface area contributed by atoms with Crippen molar-refractivity contribution >= 4 is 15.9 Å². The summed E-state index contributed by atoms with van der Waals surface area (Å²) >= 11 is 3.72. The van der Waals surface area contributed by atoms with Gasteiger partial charge in [0, 0.05) is 11.9 Å². The maximum absolute atomic E-state index is 3.72. The monoisotopic (exact) mass is 245 g/mol. The van der Waals surface area contributed by atoms with Crippen molar-refractivity contribution in [2.45, 2.75) is 38.5 Å². The van der Waals surface area contributed by atoms with Crippen molar-refractivity contribution in [2.24, 2.45) is 5.41 Å². The number of likely N-dealkylation sites (tertiary alicyclic amines) is 1. The third-order valence-corrected chi connectivity index (χ3v) is 4.89. The van der Waals surface area contributed by atoms with Crippen LogP contribution in [0.2, 0.25) is 0 Å². The summed E-state index contributed by atoms with van der Waals surface area (Å²) in [5, 5.41) is 1.22. The van der Waals surface area contributed by atoms with Crippen molar-refractivity contribution in [3.05, 3.63) is 0 Å². The molecule has 1 saturated carbocycles. The predicted molar refractivity (Wildman–Crippen MR) is 60.4 cm³/mol. The molecule has 0 aromatic carbocycles. The molecule has 0 unspecified atom stereocenters. The van der Waals surface area contributed by atoms with Gasteiger partial charge in [0.05, 0.1) is 0 Å². The summed E-state index contributed by atoms with van der Waals surface area (Å²) in [7, 11) is 0. The Labute approximate surface area is 90.0 Å². The second-order valence-electron chi connectivity index (χ2n) is 4.82. The van der Waals surface area contributed by atoms with Gasteiger partial charge in [-0.1, -0.05) is 35.2 Å². The van der Waals surface area contributed by atoms with Gasteiger partial charge < -0.3 is 4.90 Å². The fourth-order valence-electron chi connectivity index (χ4n) is 2.65. The highest BCUT2D eigenvalue weighted by Gasteiger charge is 2.34. The van der Waals surface area contributed by atoms with Crippen molar-refractivity contribution in [3.63, 3.8) is 0 Å². The van der Waals surface area contributed by atoms with Crippen molar-refractivity contribution in [1.29, 1.82) is 0 Å². The molecule has 76 valence electrons. The number of hydrogen-bond donors (Lipinski definition) is 0. The summed E-state index contributed by atoms with van der Waals surface area (Å²) in [5.41, 5.74) is 0.638. The van der Waals surface area contributed by atoms with Gasteiger partial charge in [-0.05, 0) is 37.8 Å². The Morgan fingerprint density at radius 1 is 1.00 bits per heavy atom. The standard InChI is InChI=1S/C11H20BrN/c12-9-11(5-2-1-3-6-11)10-13-7-4-8-13/h1-10H2. The first-order valence-corrected chi connectivity index (χ1v) is 6.75. The topological polar surface area (TPSA) is 3.24 Å². The van der Waals surface area contributed by atoms with Crippen LogP contribution in [-0.2, 0) is 0 Å². The zero-order valence-electron chi connectivity index (χ0n) is 8.40. The van der Waals surface area contributed by atoms with Gasteiger partial charge >= 0.3 is 0 Å². The molecular weight excluding hydrogens is 226 g/mol. The number of hydrogen-bond acceptors (Lipinski definition) is 1. The molecule has 0 aromatic heterocycles. The maximum Gasteiger partial charge on any atom is 0.0100 e. The van der Waals surface area contributed by atoms with E-state index in [1.165, 1.54) is 63.5 Å². The Balaban J connectivity index is 1.88. The minimum Gasteiger partial charge on any atom is -0.303 e. The molecule has 2 heteroatoms. The molecule has 0 bridgehead atoms. The number of halogens is 1. The maximum atomic E-state index is 3.72. The largest absolute Gasteiger partial charge is 0.303 e. The fourth-order valence-corrected chi connectivity index (χ4v) is 3.39. The highest BCUT2D eigenvalue weighted by atomic mass is 79.9. The van der Waals surface area contributed by atoms with Crippen LogP contribution in [0.15, 0.2) is 0 Å². The molecule has 2 aliphatic rings. The van der Waals surface area contributed by atoms with Crippen LogP contribution in [0.25, 0.3) is 0 Å². The SMILES string of the molecule is BrCC1(CN2CCC2)CCCCC1. The third-order valence-electron chi connectivity index (χ3n) is 3.71. The zero-order chi connectivity index (χ0) is 9.15. The van der Waals surface area contributed by atoms with E-state index in [2.05, 4.69) is 20.8 Å². The number of rotatable bonds is 3. The number of nitrogens with zero attached hydrogens (tertiary/aromatic N) is 1. The summed E-state index contributed by atoms with van der Waals surface area (Å²) < 4.78 is 0. The summed E-state index contributed by atoms with van der Waals surface area (Å²) in [5.74, 6) is 0. The van der Waals surface area contributed by atoms with E-state index in [-0.39, 0.29) is 0 Å². The Morgan fingerprint density at radius 2 is 1.69 bits per heavy atom. The lowest BCUT2D eigenvalue weighted by Crippen LogP contribution is -2.46. The van der Waals surface area contributed by atoms with Crippen molar-refractivity contribution in [3.8, 4) is 0 Å². The van der Waals surface area contributed by atoms with Gasteiger partial charge in [-0.25, -0.2) is 0 Å². The van der Waals surface area contributed by atoms with Crippen molar-refractivity contribution in [1.82, 2.24) is 4.90 Å². The first-order valence-electron chi connectivity index (χ1n) is 5.63. The lowest BCUT2D eigenvalue weighted by molar-refractivity contribution is 0.0836. The second kappa shape index (κ2) is 4.31. The first-order chi connectivity index (χ1) is 6.35. The summed E-state index contributed by atoms with van der Waals surface area (Å²) in [6.07, 6.45) is 8.72. The van der Waals surface area contributed by atoms with Gasteiger partial charge in [0.2, 0.25) is 0 Å². The van der Waals surface area contributed by atoms with E-state index in [0.717, 1.165) is 0 Å². The summed E-state index contributed by atoms with van der Waals surface area (Å²) in [6, 6.07) is 0. The van der Waals surface area contributed by atoms with Gasteiger partial charge in [-0.3, -0.25) is 0 Å². The van der Waals surface area contributed by atoms with Crippen LogP contribution in [0.1, 0.15) is 38.5 Å². The zero-order valence-corrected chi connectivity index (χ0v) is 9.98. The molecule has 0 atom stereocenters. The average molecular weight is 246 g/mol. The Kier molecular flexibility index (Phi) is 3.31. The minimum absolute atomic E-state index is 0.638. The molecule has 1 saturated heterocycles. The molecule has 0 N–H and O–H groups in total.